The predicted molar refractivity (Wildman–Crippen MR) is 143 cm³/mol. The Kier molecular flexibility index (Phi) is 9.50. The van der Waals surface area contributed by atoms with Crippen LogP contribution in [0.1, 0.15) is 48.1 Å². The molecule has 3 rings (SSSR count). The van der Waals surface area contributed by atoms with Crippen LogP contribution in [0, 0.1) is 13.8 Å². The lowest BCUT2D eigenvalue weighted by molar-refractivity contribution is -0.141. The van der Waals surface area contributed by atoms with E-state index in [0.29, 0.717) is 18.0 Å². The number of aryl methyl sites for hydroxylation is 2. The largest absolute Gasteiger partial charge is 0.352 e. The Labute approximate surface area is 214 Å². The molecule has 0 spiro atoms. The van der Waals surface area contributed by atoms with Gasteiger partial charge in [-0.15, -0.1) is 0 Å². The molecule has 0 bridgehead atoms. The summed E-state index contributed by atoms with van der Waals surface area (Å²) < 4.78 is 0. The molecule has 35 heavy (non-hydrogen) atoms. The number of hydrogen-bond acceptors (Lipinski definition) is 2. The maximum absolute atomic E-state index is 13.8. The fourth-order valence-electron chi connectivity index (χ4n) is 4.27. The molecule has 0 aliphatic heterocycles. The zero-order chi connectivity index (χ0) is 25.4. The first kappa shape index (κ1) is 26.5. The van der Waals surface area contributed by atoms with Crippen molar-refractivity contribution in [2.45, 2.75) is 65.6 Å². The minimum absolute atomic E-state index is 0.0170. The normalized spacial score (nSPS) is 12.6. The second-order valence-electron chi connectivity index (χ2n) is 9.35. The number of nitrogens with one attached hydrogen (secondary N) is 1. The molecular weight excluding hydrogens is 456 g/mol. The molecule has 0 aromatic heterocycles. The van der Waals surface area contributed by atoms with Crippen LogP contribution in [-0.2, 0) is 29.0 Å². The lowest BCUT2D eigenvalue weighted by Gasteiger charge is -2.32. The van der Waals surface area contributed by atoms with Gasteiger partial charge in [-0.2, -0.15) is 0 Å². The molecule has 5 heteroatoms. The van der Waals surface area contributed by atoms with Gasteiger partial charge in [-0.05, 0) is 56.0 Å². The van der Waals surface area contributed by atoms with Crippen LogP contribution in [0.3, 0.4) is 0 Å². The molecule has 0 saturated heterocycles. The first-order valence-corrected chi connectivity index (χ1v) is 12.6. The topological polar surface area (TPSA) is 49.4 Å². The smallest absolute Gasteiger partial charge is 0.243 e. The van der Waals surface area contributed by atoms with E-state index in [1.807, 2.05) is 94.4 Å². The van der Waals surface area contributed by atoms with Gasteiger partial charge in [0.15, 0.2) is 0 Å². The van der Waals surface area contributed by atoms with E-state index in [0.717, 1.165) is 34.2 Å². The van der Waals surface area contributed by atoms with Crippen LogP contribution in [0.2, 0.25) is 5.02 Å². The second kappa shape index (κ2) is 12.6. The monoisotopic (exact) mass is 490 g/mol. The Balaban J connectivity index is 1.99. The van der Waals surface area contributed by atoms with Crippen molar-refractivity contribution in [3.63, 3.8) is 0 Å². The Morgan fingerprint density at radius 1 is 0.886 bits per heavy atom. The highest BCUT2D eigenvalue weighted by atomic mass is 35.5. The third-order valence-electron chi connectivity index (χ3n) is 6.15. The number of halogens is 1. The fraction of sp³-hybridized carbons (Fsp3) is 0.333. The van der Waals surface area contributed by atoms with Crippen LogP contribution in [0.5, 0.6) is 0 Å². The lowest BCUT2D eigenvalue weighted by atomic mass is 10.00. The Morgan fingerprint density at radius 2 is 1.54 bits per heavy atom. The zero-order valence-electron chi connectivity index (χ0n) is 21.1. The van der Waals surface area contributed by atoms with Gasteiger partial charge >= 0.3 is 0 Å². The minimum Gasteiger partial charge on any atom is -0.352 e. The number of rotatable bonds is 10. The van der Waals surface area contributed by atoms with Crippen molar-refractivity contribution in [3.05, 3.63) is 106 Å². The zero-order valence-corrected chi connectivity index (χ0v) is 21.8. The van der Waals surface area contributed by atoms with Crippen LogP contribution in [0.4, 0.5) is 0 Å². The van der Waals surface area contributed by atoms with E-state index >= 15 is 0 Å². The Morgan fingerprint density at radius 3 is 2.17 bits per heavy atom. The molecule has 3 aromatic rings. The Hall–Kier alpha value is -3.11. The molecular formula is C30H35ClN2O2. The first-order valence-electron chi connectivity index (χ1n) is 12.2. The summed E-state index contributed by atoms with van der Waals surface area (Å²) in [6.07, 6.45) is 1.47. The second-order valence-corrected chi connectivity index (χ2v) is 9.78. The maximum Gasteiger partial charge on any atom is 0.243 e. The summed E-state index contributed by atoms with van der Waals surface area (Å²) in [5.41, 5.74) is 5.08. The summed E-state index contributed by atoms with van der Waals surface area (Å²) in [4.78, 5) is 29.1. The van der Waals surface area contributed by atoms with Gasteiger partial charge in [-0.3, -0.25) is 9.59 Å². The molecule has 0 radical (unpaired) electrons. The van der Waals surface area contributed by atoms with Crippen LogP contribution in [-0.4, -0.2) is 28.8 Å². The molecule has 2 amide bonds. The van der Waals surface area contributed by atoms with Crippen molar-refractivity contribution in [2.24, 2.45) is 0 Å². The molecule has 2 atom stereocenters. The van der Waals surface area contributed by atoms with Crippen LogP contribution >= 0.6 is 11.6 Å². The van der Waals surface area contributed by atoms with E-state index in [1.54, 1.807) is 4.90 Å². The van der Waals surface area contributed by atoms with Crippen LogP contribution in [0.15, 0.2) is 72.8 Å². The van der Waals surface area contributed by atoms with E-state index in [4.69, 9.17) is 11.6 Å². The van der Waals surface area contributed by atoms with Crippen molar-refractivity contribution in [3.8, 4) is 0 Å². The molecule has 0 aliphatic carbocycles. The number of amides is 2. The van der Waals surface area contributed by atoms with Gasteiger partial charge in [0, 0.05) is 24.0 Å². The van der Waals surface area contributed by atoms with Crippen molar-refractivity contribution < 1.29 is 9.59 Å². The molecule has 0 saturated carbocycles. The van der Waals surface area contributed by atoms with Crippen molar-refractivity contribution in [2.75, 3.05) is 0 Å². The third kappa shape index (κ3) is 7.97. The third-order valence-corrected chi connectivity index (χ3v) is 6.39. The molecule has 184 valence electrons. The van der Waals surface area contributed by atoms with E-state index in [-0.39, 0.29) is 24.3 Å². The average molecular weight is 491 g/mol. The number of nitrogens with zero attached hydrogens (tertiary/aromatic N) is 1. The van der Waals surface area contributed by atoms with E-state index < -0.39 is 6.04 Å². The standard InChI is InChI=1S/C30H35ClN2O2/c1-5-23(4)32-30(35)28(18-24-10-7-6-8-11-24)33(20-25-12-9-13-27(31)17-25)29(34)19-26-15-21(2)14-22(3)16-26/h6-17,23,28H,5,18-20H2,1-4H3,(H,32,35)/t23-,28+/m1/s1. The van der Waals surface area contributed by atoms with E-state index in [2.05, 4.69) is 11.4 Å². The Bertz CT molecular complexity index is 1130. The highest BCUT2D eigenvalue weighted by Gasteiger charge is 2.31. The summed E-state index contributed by atoms with van der Waals surface area (Å²) in [7, 11) is 0. The molecule has 0 aliphatic rings. The number of carbonyl (C=O) groups is 2. The van der Waals surface area contributed by atoms with Gasteiger partial charge < -0.3 is 10.2 Å². The highest BCUT2D eigenvalue weighted by molar-refractivity contribution is 6.30. The van der Waals surface area contributed by atoms with Gasteiger partial charge in [0.25, 0.3) is 0 Å². The quantitative estimate of drug-likeness (QED) is 0.376. The molecule has 3 aromatic carbocycles. The summed E-state index contributed by atoms with van der Waals surface area (Å²) in [5.74, 6) is -0.228. The predicted octanol–water partition coefficient (Wildman–Crippen LogP) is 6.05. The number of carbonyl (C=O) groups excluding carboxylic acids is 2. The summed E-state index contributed by atoms with van der Waals surface area (Å²) in [6, 6.07) is 22.9. The van der Waals surface area contributed by atoms with Gasteiger partial charge in [0.2, 0.25) is 11.8 Å². The van der Waals surface area contributed by atoms with Gasteiger partial charge in [0.05, 0.1) is 6.42 Å². The molecule has 0 heterocycles. The first-order chi connectivity index (χ1) is 16.7. The minimum atomic E-state index is -0.649. The van der Waals surface area contributed by atoms with Gasteiger partial charge in [-0.25, -0.2) is 0 Å². The van der Waals surface area contributed by atoms with Crippen molar-refractivity contribution in [1.82, 2.24) is 10.2 Å². The number of hydrogen-bond donors (Lipinski definition) is 1. The SMILES string of the molecule is CC[C@@H](C)NC(=O)[C@H](Cc1ccccc1)N(Cc1cccc(Cl)c1)C(=O)Cc1cc(C)cc(C)c1. The summed E-state index contributed by atoms with van der Waals surface area (Å²) >= 11 is 6.25. The molecule has 1 N–H and O–H groups in total. The lowest BCUT2D eigenvalue weighted by Crippen LogP contribution is -2.52. The number of benzene rings is 3. The van der Waals surface area contributed by atoms with E-state index in [1.165, 1.54) is 0 Å². The van der Waals surface area contributed by atoms with Crippen molar-refractivity contribution in [1.29, 1.82) is 0 Å². The summed E-state index contributed by atoms with van der Waals surface area (Å²) in [6.45, 7) is 8.38. The molecule has 4 nitrogen and oxygen atoms in total. The highest BCUT2D eigenvalue weighted by Crippen LogP contribution is 2.20. The average Bonchev–Trinajstić information content (AvgIpc) is 2.81. The van der Waals surface area contributed by atoms with Gasteiger partial charge in [0.1, 0.15) is 6.04 Å². The molecule has 0 fully saturated rings. The van der Waals surface area contributed by atoms with Crippen LogP contribution in [0.25, 0.3) is 0 Å². The maximum atomic E-state index is 13.8. The summed E-state index contributed by atoms with van der Waals surface area (Å²) in [5, 5.41) is 3.71. The van der Waals surface area contributed by atoms with Crippen LogP contribution < -0.4 is 5.32 Å². The fourth-order valence-corrected chi connectivity index (χ4v) is 4.49. The molecule has 0 unspecified atom stereocenters. The van der Waals surface area contributed by atoms with Gasteiger partial charge in [-0.1, -0.05) is 90.3 Å². The van der Waals surface area contributed by atoms with E-state index in [9.17, 15) is 9.59 Å². The van der Waals surface area contributed by atoms with Crippen molar-refractivity contribution >= 4 is 23.4 Å².